The van der Waals surface area contributed by atoms with E-state index in [0.29, 0.717) is 13.0 Å². The fraction of sp³-hybridized carbons (Fsp3) is 0.417. The van der Waals surface area contributed by atoms with Crippen LogP contribution in [0.25, 0.3) is 10.2 Å². The lowest BCUT2D eigenvalue weighted by Gasteiger charge is -2.25. The molecule has 0 unspecified atom stereocenters. The number of hydrogen-bond donors (Lipinski definition) is 1. The van der Waals surface area contributed by atoms with Crippen molar-refractivity contribution in [3.63, 3.8) is 0 Å². The van der Waals surface area contributed by atoms with Gasteiger partial charge in [-0.3, -0.25) is 9.69 Å². The first kappa shape index (κ1) is 21.0. The number of quaternary nitrogens is 1. The standard InChI is InChI=1S/C24H29N3O2S/c1-18-15-19(2)23-21(16-18)25-24(30-23)27(10-6-9-26-11-13-29-14-12-26)22(28)17-20-7-4-3-5-8-20/h3-5,7-8,15-16H,6,9-14,17H2,1-2H3/p+1. The Labute approximate surface area is 182 Å². The molecule has 1 amide bonds. The molecule has 1 aromatic heterocycles. The van der Waals surface area contributed by atoms with Crippen molar-refractivity contribution < 1.29 is 14.4 Å². The number of amides is 1. The lowest BCUT2D eigenvalue weighted by atomic mass is 10.1. The third kappa shape index (κ3) is 5.06. The zero-order chi connectivity index (χ0) is 20.9. The minimum Gasteiger partial charge on any atom is -0.370 e. The van der Waals surface area contributed by atoms with E-state index in [4.69, 9.17) is 9.72 Å². The number of aryl methyl sites for hydroxylation is 2. The Kier molecular flexibility index (Phi) is 6.77. The summed E-state index contributed by atoms with van der Waals surface area (Å²) in [7, 11) is 0. The molecule has 0 atom stereocenters. The summed E-state index contributed by atoms with van der Waals surface area (Å²) in [5, 5.41) is 0.816. The number of carbonyl (C=O) groups is 1. The van der Waals surface area contributed by atoms with E-state index in [0.717, 1.165) is 55.5 Å². The Morgan fingerprint density at radius 3 is 2.70 bits per heavy atom. The zero-order valence-electron chi connectivity index (χ0n) is 17.8. The van der Waals surface area contributed by atoms with E-state index in [1.54, 1.807) is 16.2 Å². The van der Waals surface area contributed by atoms with Gasteiger partial charge in [0.05, 0.1) is 36.4 Å². The predicted octanol–water partition coefficient (Wildman–Crippen LogP) is 2.79. The van der Waals surface area contributed by atoms with Gasteiger partial charge < -0.3 is 9.64 Å². The van der Waals surface area contributed by atoms with Gasteiger partial charge in [0.2, 0.25) is 5.91 Å². The van der Waals surface area contributed by atoms with Crippen LogP contribution in [0.2, 0.25) is 0 Å². The number of ether oxygens (including phenoxy) is 1. The summed E-state index contributed by atoms with van der Waals surface area (Å²) >= 11 is 1.63. The normalized spacial score (nSPS) is 14.9. The first-order valence-electron chi connectivity index (χ1n) is 10.7. The van der Waals surface area contributed by atoms with Crippen molar-refractivity contribution in [2.24, 2.45) is 0 Å². The number of fused-ring (bicyclic) bond motifs is 1. The summed E-state index contributed by atoms with van der Waals surface area (Å²) in [6.45, 7) is 9.75. The number of nitrogens with one attached hydrogen (secondary N) is 1. The topological polar surface area (TPSA) is 46.9 Å². The number of carbonyl (C=O) groups excluding carboxylic acids is 1. The number of hydrogen-bond acceptors (Lipinski definition) is 4. The molecule has 158 valence electrons. The van der Waals surface area contributed by atoms with E-state index in [1.807, 2.05) is 35.2 Å². The average molecular weight is 425 g/mol. The fourth-order valence-corrected chi connectivity index (χ4v) is 5.13. The van der Waals surface area contributed by atoms with Crippen molar-refractivity contribution in [2.45, 2.75) is 26.7 Å². The first-order chi connectivity index (χ1) is 14.6. The minimum atomic E-state index is 0.117. The van der Waals surface area contributed by atoms with Gasteiger partial charge in [-0.2, -0.15) is 0 Å². The molecule has 0 saturated carbocycles. The van der Waals surface area contributed by atoms with Crippen LogP contribution in [-0.2, 0) is 16.0 Å². The summed E-state index contributed by atoms with van der Waals surface area (Å²) < 4.78 is 6.63. The van der Waals surface area contributed by atoms with Gasteiger partial charge in [0, 0.05) is 13.0 Å². The van der Waals surface area contributed by atoms with Crippen LogP contribution in [0.1, 0.15) is 23.1 Å². The number of aromatic nitrogens is 1. The van der Waals surface area contributed by atoms with Crippen LogP contribution in [0.3, 0.4) is 0 Å². The molecule has 5 nitrogen and oxygen atoms in total. The summed E-state index contributed by atoms with van der Waals surface area (Å²) in [6, 6.07) is 14.3. The maximum atomic E-state index is 13.3. The van der Waals surface area contributed by atoms with Crippen molar-refractivity contribution in [3.8, 4) is 0 Å². The Bertz CT molecular complexity index is 996. The quantitative estimate of drug-likeness (QED) is 0.635. The van der Waals surface area contributed by atoms with E-state index < -0.39 is 0 Å². The average Bonchev–Trinajstić information content (AvgIpc) is 3.16. The van der Waals surface area contributed by atoms with Crippen LogP contribution < -0.4 is 9.80 Å². The molecule has 2 heterocycles. The van der Waals surface area contributed by atoms with Gasteiger partial charge in [-0.15, -0.1) is 0 Å². The first-order valence-corrected chi connectivity index (χ1v) is 11.6. The molecule has 2 aromatic carbocycles. The second-order valence-corrected chi connectivity index (χ2v) is 9.08. The predicted molar refractivity (Wildman–Crippen MR) is 123 cm³/mol. The Hall–Kier alpha value is -2.28. The summed E-state index contributed by atoms with van der Waals surface area (Å²) in [5.74, 6) is 0.117. The highest BCUT2D eigenvalue weighted by atomic mass is 32.1. The molecule has 0 radical (unpaired) electrons. The molecule has 1 aliphatic rings. The number of nitrogens with zero attached hydrogens (tertiary/aromatic N) is 2. The van der Waals surface area contributed by atoms with Crippen LogP contribution >= 0.6 is 11.3 Å². The lowest BCUT2D eigenvalue weighted by molar-refractivity contribution is -0.908. The molecular weight excluding hydrogens is 394 g/mol. The van der Waals surface area contributed by atoms with Crippen molar-refractivity contribution in [2.75, 3.05) is 44.3 Å². The second kappa shape index (κ2) is 9.69. The highest BCUT2D eigenvalue weighted by Crippen LogP contribution is 2.32. The summed E-state index contributed by atoms with van der Waals surface area (Å²) in [6.07, 6.45) is 1.36. The van der Waals surface area contributed by atoms with Gasteiger partial charge >= 0.3 is 0 Å². The van der Waals surface area contributed by atoms with Crippen LogP contribution in [0.5, 0.6) is 0 Å². The van der Waals surface area contributed by atoms with Gasteiger partial charge in [-0.25, -0.2) is 4.98 Å². The van der Waals surface area contributed by atoms with Crippen LogP contribution in [0, 0.1) is 13.8 Å². The van der Waals surface area contributed by atoms with Gasteiger partial charge in [0.25, 0.3) is 0 Å². The lowest BCUT2D eigenvalue weighted by Crippen LogP contribution is -3.14. The second-order valence-electron chi connectivity index (χ2n) is 8.10. The van der Waals surface area contributed by atoms with Crippen LogP contribution in [0.4, 0.5) is 5.13 Å². The van der Waals surface area contributed by atoms with Crippen LogP contribution in [-0.4, -0.2) is 50.3 Å². The molecule has 4 rings (SSSR count). The van der Waals surface area contributed by atoms with Crippen molar-refractivity contribution >= 4 is 32.6 Å². The number of thiazole rings is 1. The smallest absolute Gasteiger partial charge is 0.233 e. The number of morpholine rings is 1. The SMILES string of the molecule is Cc1cc(C)c2sc(N(CCC[NH+]3CCOCC3)C(=O)Cc3ccccc3)nc2c1. The van der Waals surface area contributed by atoms with E-state index in [2.05, 4.69) is 26.0 Å². The van der Waals surface area contributed by atoms with Crippen molar-refractivity contribution in [1.82, 2.24) is 4.98 Å². The maximum Gasteiger partial charge on any atom is 0.233 e. The van der Waals surface area contributed by atoms with Gasteiger partial charge in [0.15, 0.2) is 5.13 Å². The molecule has 1 fully saturated rings. The highest BCUT2D eigenvalue weighted by molar-refractivity contribution is 7.22. The van der Waals surface area contributed by atoms with E-state index >= 15 is 0 Å². The number of rotatable bonds is 7. The maximum absolute atomic E-state index is 13.3. The van der Waals surface area contributed by atoms with Gasteiger partial charge in [-0.1, -0.05) is 47.7 Å². The molecule has 30 heavy (non-hydrogen) atoms. The molecule has 1 N–H and O–H groups in total. The Morgan fingerprint density at radius 2 is 1.93 bits per heavy atom. The largest absolute Gasteiger partial charge is 0.370 e. The monoisotopic (exact) mass is 424 g/mol. The molecule has 0 aliphatic carbocycles. The minimum absolute atomic E-state index is 0.117. The van der Waals surface area contributed by atoms with Crippen molar-refractivity contribution in [3.05, 3.63) is 59.2 Å². The third-order valence-electron chi connectivity index (χ3n) is 5.65. The molecule has 0 spiro atoms. The number of benzene rings is 2. The third-order valence-corrected chi connectivity index (χ3v) is 6.88. The van der Waals surface area contributed by atoms with Crippen molar-refractivity contribution in [1.29, 1.82) is 0 Å². The Balaban J connectivity index is 1.54. The summed E-state index contributed by atoms with van der Waals surface area (Å²) in [4.78, 5) is 21.6. The highest BCUT2D eigenvalue weighted by Gasteiger charge is 2.22. The molecule has 6 heteroatoms. The Morgan fingerprint density at radius 1 is 1.17 bits per heavy atom. The molecule has 0 bridgehead atoms. The van der Waals surface area contributed by atoms with E-state index in [1.165, 1.54) is 15.8 Å². The van der Waals surface area contributed by atoms with Gasteiger partial charge in [0.1, 0.15) is 13.1 Å². The molecule has 1 saturated heterocycles. The van der Waals surface area contributed by atoms with E-state index in [-0.39, 0.29) is 5.91 Å². The van der Waals surface area contributed by atoms with E-state index in [9.17, 15) is 4.79 Å². The molecular formula is C24H30N3O2S+. The number of anilines is 1. The molecule has 3 aromatic rings. The zero-order valence-corrected chi connectivity index (χ0v) is 18.6. The summed E-state index contributed by atoms with van der Waals surface area (Å²) in [5.41, 5.74) is 4.46. The fourth-order valence-electron chi connectivity index (χ4n) is 4.07. The van der Waals surface area contributed by atoms with Gasteiger partial charge in [-0.05, 0) is 36.6 Å². The van der Waals surface area contributed by atoms with Crippen LogP contribution in [0.15, 0.2) is 42.5 Å². The molecule has 1 aliphatic heterocycles.